The Morgan fingerprint density at radius 1 is 1.31 bits per heavy atom. The van der Waals surface area contributed by atoms with Crippen LogP contribution in [-0.2, 0) is 5.54 Å². The van der Waals surface area contributed by atoms with Crippen molar-refractivity contribution in [3.05, 3.63) is 28.5 Å². The van der Waals surface area contributed by atoms with E-state index in [1.54, 1.807) is 0 Å². The van der Waals surface area contributed by atoms with E-state index in [0.717, 1.165) is 34.2 Å². The molecule has 4 heteroatoms. The van der Waals surface area contributed by atoms with Gasteiger partial charge in [0.15, 0.2) is 0 Å². The van der Waals surface area contributed by atoms with E-state index in [1.807, 2.05) is 18.2 Å². The maximum atomic E-state index is 6.38. The lowest BCUT2D eigenvalue weighted by Crippen LogP contribution is -2.34. The molecule has 0 aliphatic heterocycles. The van der Waals surface area contributed by atoms with Crippen LogP contribution in [-0.4, -0.2) is 9.97 Å². The fourth-order valence-electron chi connectivity index (χ4n) is 2.46. The van der Waals surface area contributed by atoms with Crippen molar-refractivity contribution in [3.63, 3.8) is 0 Å². The van der Waals surface area contributed by atoms with Gasteiger partial charge in [-0.2, -0.15) is 0 Å². The number of imidazole rings is 1. The van der Waals surface area contributed by atoms with Gasteiger partial charge >= 0.3 is 0 Å². The first-order valence-corrected chi connectivity index (χ1v) is 6.41. The largest absolute Gasteiger partial charge is 0.340 e. The highest BCUT2D eigenvalue weighted by molar-refractivity contribution is 9.10. The third-order valence-electron chi connectivity index (χ3n) is 3.41. The summed E-state index contributed by atoms with van der Waals surface area (Å²) in [7, 11) is 0. The van der Waals surface area contributed by atoms with E-state index < -0.39 is 0 Å². The van der Waals surface area contributed by atoms with Crippen molar-refractivity contribution < 1.29 is 0 Å². The van der Waals surface area contributed by atoms with E-state index >= 15 is 0 Å². The first kappa shape index (κ1) is 10.3. The number of aromatic nitrogens is 2. The Balaban J connectivity index is 2.11. The van der Waals surface area contributed by atoms with Gasteiger partial charge in [0, 0.05) is 4.47 Å². The number of nitrogens with zero attached hydrogens (tertiary/aromatic N) is 1. The lowest BCUT2D eigenvalue weighted by Gasteiger charge is -2.19. The van der Waals surface area contributed by atoms with Gasteiger partial charge in [0.2, 0.25) is 0 Å². The molecule has 0 spiro atoms. The van der Waals surface area contributed by atoms with Crippen molar-refractivity contribution in [1.82, 2.24) is 9.97 Å². The zero-order valence-electron chi connectivity index (χ0n) is 8.96. The highest BCUT2D eigenvalue weighted by atomic mass is 79.9. The van der Waals surface area contributed by atoms with Gasteiger partial charge in [0.1, 0.15) is 5.82 Å². The molecule has 1 aliphatic carbocycles. The number of hydrogen-bond acceptors (Lipinski definition) is 2. The molecule has 0 saturated heterocycles. The van der Waals surface area contributed by atoms with Crippen molar-refractivity contribution in [2.45, 2.75) is 31.2 Å². The number of benzene rings is 1. The second kappa shape index (κ2) is 3.57. The molecule has 2 aromatic rings. The summed E-state index contributed by atoms with van der Waals surface area (Å²) in [4.78, 5) is 7.96. The van der Waals surface area contributed by atoms with Crippen molar-refractivity contribution in [3.8, 4) is 0 Å². The van der Waals surface area contributed by atoms with E-state index in [0.29, 0.717) is 0 Å². The summed E-state index contributed by atoms with van der Waals surface area (Å²) in [5.41, 5.74) is 8.20. The van der Waals surface area contributed by atoms with Crippen molar-refractivity contribution in [1.29, 1.82) is 0 Å². The van der Waals surface area contributed by atoms with Gasteiger partial charge in [0.05, 0.1) is 16.6 Å². The molecule has 3 nitrogen and oxygen atoms in total. The third-order valence-corrected chi connectivity index (χ3v) is 3.90. The second-order valence-electron chi connectivity index (χ2n) is 4.61. The molecule has 3 N–H and O–H groups in total. The van der Waals surface area contributed by atoms with Crippen LogP contribution in [0.1, 0.15) is 31.5 Å². The summed E-state index contributed by atoms with van der Waals surface area (Å²) in [6.45, 7) is 0. The van der Waals surface area contributed by atoms with E-state index in [2.05, 4.69) is 25.9 Å². The third kappa shape index (κ3) is 1.57. The van der Waals surface area contributed by atoms with E-state index in [9.17, 15) is 0 Å². The van der Waals surface area contributed by atoms with Crippen LogP contribution in [0.3, 0.4) is 0 Å². The lowest BCUT2D eigenvalue weighted by atomic mass is 9.99. The van der Waals surface area contributed by atoms with E-state index in [4.69, 9.17) is 5.73 Å². The number of fused-ring (bicyclic) bond motifs is 1. The molecule has 16 heavy (non-hydrogen) atoms. The molecule has 0 atom stereocenters. The van der Waals surface area contributed by atoms with Gasteiger partial charge in [-0.25, -0.2) is 4.98 Å². The molecule has 3 rings (SSSR count). The standard InChI is InChI=1S/C12H14BrN3/c13-8-3-4-9-10(7-8)16-11(15-9)12(14)5-1-2-6-12/h3-4,7H,1-2,5-6,14H2,(H,15,16). The van der Waals surface area contributed by atoms with Crippen LogP contribution in [0, 0.1) is 0 Å². The first-order chi connectivity index (χ1) is 7.67. The number of hydrogen-bond donors (Lipinski definition) is 2. The van der Waals surface area contributed by atoms with Gasteiger partial charge in [-0.15, -0.1) is 0 Å². The van der Waals surface area contributed by atoms with Crippen LogP contribution in [0.5, 0.6) is 0 Å². The second-order valence-corrected chi connectivity index (χ2v) is 5.53. The summed E-state index contributed by atoms with van der Waals surface area (Å²) in [5, 5.41) is 0. The average Bonchev–Trinajstić information content (AvgIpc) is 2.84. The Kier molecular flexibility index (Phi) is 2.30. The Bertz CT molecular complexity index is 526. The number of halogens is 1. The van der Waals surface area contributed by atoms with Crippen LogP contribution in [0.15, 0.2) is 22.7 Å². The minimum atomic E-state index is -0.231. The highest BCUT2D eigenvalue weighted by Gasteiger charge is 2.34. The molecule has 1 saturated carbocycles. The van der Waals surface area contributed by atoms with Gasteiger partial charge in [-0.1, -0.05) is 28.8 Å². The molecule has 0 unspecified atom stereocenters. The summed E-state index contributed by atoms with van der Waals surface area (Å²) in [6, 6.07) is 6.06. The number of nitrogens with two attached hydrogens (primary N) is 1. The Labute approximate surface area is 103 Å². The van der Waals surface area contributed by atoms with Crippen LogP contribution in [0.25, 0.3) is 11.0 Å². The maximum Gasteiger partial charge on any atom is 0.127 e. The first-order valence-electron chi connectivity index (χ1n) is 5.62. The molecular weight excluding hydrogens is 266 g/mol. The molecule has 1 aliphatic rings. The molecule has 1 aromatic heterocycles. The summed E-state index contributed by atoms with van der Waals surface area (Å²) in [5.74, 6) is 0.943. The van der Waals surface area contributed by atoms with Gasteiger partial charge in [-0.3, -0.25) is 0 Å². The fraction of sp³-hybridized carbons (Fsp3) is 0.417. The van der Waals surface area contributed by atoms with E-state index in [1.165, 1.54) is 12.8 Å². The molecule has 0 bridgehead atoms. The molecule has 1 aromatic carbocycles. The number of nitrogens with one attached hydrogen (secondary N) is 1. The molecule has 1 heterocycles. The fourth-order valence-corrected chi connectivity index (χ4v) is 2.82. The Morgan fingerprint density at radius 3 is 2.81 bits per heavy atom. The lowest BCUT2D eigenvalue weighted by molar-refractivity contribution is 0.437. The van der Waals surface area contributed by atoms with Crippen molar-refractivity contribution >= 4 is 27.0 Å². The van der Waals surface area contributed by atoms with Gasteiger partial charge in [-0.05, 0) is 31.0 Å². The van der Waals surface area contributed by atoms with Crippen LogP contribution >= 0.6 is 15.9 Å². The highest BCUT2D eigenvalue weighted by Crippen LogP contribution is 2.35. The summed E-state index contributed by atoms with van der Waals surface area (Å²) in [6.07, 6.45) is 4.48. The normalized spacial score (nSPS) is 19.4. The zero-order valence-corrected chi connectivity index (χ0v) is 10.5. The monoisotopic (exact) mass is 279 g/mol. The minimum Gasteiger partial charge on any atom is -0.340 e. The predicted molar refractivity (Wildman–Crippen MR) is 68.1 cm³/mol. The van der Waals surface area contributed by atoms with Gasteiger partial charge in [0.25, 0.3) is 0 Å². The molecule has 84 valence electrons. The summed E-state index contributed by atoms with van der Waals surface area (Å²) >= 11 is 3.46. The van der Waals surface area contributed by atoms with Crippen molar-refractivity contribution in [2.24, 2.45) is 5.73 Å². The Morgan fingerprint density at radius 2 is 2.06 bits per heavy atom. The number of rotatable bonds is 1. The van der Waals surface area contributed by atoms with Crippen LogP contribution < -0.4 is 5.73 Å². The smallest absolute Gasteiger partial charge is 0.127 e. The molecule has 0 amide bonds. The van der Waals surface area contributed by atoms with E-state index in [-0.39, 0.29) is 5.54 Å². The topological polar surface area (TPSA) is 54.7 Å². The molecule has 0 radical (unpaired) electrons. The number of H-pyrrole nitrogens is 1. The van der Waals surface area contributed by atoms with Gasteiger partial charge < -0.3 is 10.7 Å². The predicted octanol–water partition coefficient (Wildman–Crippen LogP) is 3.05. The van der Waals surface area contributed by atoms with Crippen molar-refractivity contribution in [2.75, 3.05) is 0 Å². The maximum absolute atomic E-state index is 6.38. The average molecular weight is 280 g/mol. The quantitative estimate of drug-likeness (QED) is 0.843. The minimum absolute atomic E-state index is 0.231. The molecule has 1 fully saturated rings. The number of aromatic amines is 1. The Hall–Kier alpha value is -0.870. The van der Waals surface area contributed by atoms with Crippen LogP contribution in [0.2, 0.25) is 0 Å². The summed E-state index contributed by atoms with van der Waals surface area (Å²) < 4.78 is 1.06. The zero-order chi connectivity index (χ0) is 11.2. The molecular formula is C12H14BrN3. The SMILES string of the molecule is NC1(c2nc3ccc(Br)cc3[nH]2)CCCC1. The van der Waals surface area contributed by atoms with Crippen LogP contribution in [0.4, 0.5) is 0 Å².